The van der Waals surface area contributed by atoms with Crippen LogP contribution in [0.1, 0.15) is 61.1 Å². The lowest BCUT2D eigenvalue weighted by atomic mass is 9.90. The van der Waals surface area contributed by atoms with Gasteiger partial charge in [-0.1, -0.05) is 19.3 Å². The molecule has 3 heterocycles. The number of hydrogen-bond donors (Lipinski definition) is 2. The van der Waals surface area contributed by atoms with Crippen LogP contribution < -0.4 is 15.4 Å². The highest BCUT2D eigenvalue weighted by Crippen LogP contribution is 2.27. The molecule has 2 N–H and O–H groups in total. The summed E-state index contributed by atoms with van der Waals surface area (Å²) in [5.41, 5.74) is 2.10. The van der Waals surface area contributed by atoms with Crippen molar-refractivity contribution in [3.63, 3.8) is 0 Å². The summed E-state index contributed by atoms with van der Waals surface area (Å²) in [4.78, 5) is 17.5. The van der Waals surface area contributed by atoms with Gasteiger partial charge in [0.1, 0.15) is 5.69 Å². The Bertz CT molecular complexity index is 799. The van der Waals surface area contributed by atoms with Gasteiger partial charge >= 0.3 is 0 Å². The Morgan fingerprint density at radius 2 is 1.93 bits per heavy atom. The van der Waals surface area contributed by atoms with Crippen molar-refractivity contribution in [3.05, 3.63) is 29.7 Å². The summed E-state index contributed by atoms with van der Waals surface area (Å²) in [7, 11) is 0. The average Bonchev–Trinajstić information content (AvgIpc) is 3.04. The minimum absolute atomic E-state index is 0. The molecule has 0 unspecified atom stereocenters. The van der Waals surface area contributed by atoms with Crippen molar-refractivity contribution in [2.75, 3.05) is 19.7 Å². The maximum absolute atomic E-state index is 12.9. The van der Waals surface area contributed by atoms with Crippen molar-refractivity contribution in [1.82, 2.24) is 20.0 Å². The highest BCUT2D eigenvalue weighted by atomic mass is 35.5. The van der Waals surface area contributed by atoms with Crippen LogP contribution in [0.15, 0.2) is 18.3 Å². The molecular weight excluding hydrogens is 411 g/mol. The molecule has 0 bridgehead atoms. The first kappa shape index (κ1) is 23.8. The van der Waals surface area contributed by atoms with Crippen molar-refractivity contribution in [2.24, 2.45) is 5.92 Å². The molecule has 2 aliphatic rings. The molecule has 6 nitrogen and oxygen atoms in total. The number of ether oxygens (including phenoxy) is 1. The van der Waals surface area contributed by atoms with E-state index in [9.17, 15) is 4.79 Å². The Kier molecular flexibility index (Phi) is 9.05. The smallest absolute Gasteiger partial charge is 0.270 e. The predicted octanol–water partition coefficient (Wildman–Crippen LogP) is 3.93. The number of aromatic nitrogens is 2. The molecule has 8 heteroatoms. The Morgan fingerprint density at radius 1 is 1.21 bits per heavy atom. The maximum atomic E-state index is 12.9. The van der Waals surface area contributed by atoms with Crippen LogP contribution in [0.5, 0.6) is 5.75 Å². The minimum atomic E-state index is -0.0451. The van der Waals surface area contributed by atoms with Gasteiger partial charge in [-0.05, 0) is 63.7 Å². The monoisotopic (exact) mass is 442 g/mol. The van der Waals surface area contributed by atoms with Gasteiger partial charge in [0, 0.05) is 12.2 Å². The van der Waals surface area contributed by atoms with E-state index in [4.69, 9.17) is 4.74 Å². The number of fused-ring (bicyclic) bond motifs is 1. The number of pyridine rings is 1. The lowest BCUT2D eigenvalue weighted by Crippen LogP contribution is -2.43. The first-order valence-electron chi connectivity index (χ1n) is 10.3. The molecule has 1 saturated carbocycles. The van der Waals surface area contributed by atoms with Gasteiger partial charge in [-0.2, -0.15) is 0 Å². The molecule has 0 spiro atoms. The van der Waals surface area contributed by atoms with Gasteiger partial charge in [0.05, 0.1) is 12.3 Å². The van der Waals surface area contributed by atoms with Crippen LogP contribution in [0.2, 0.25) is 0 Å². The number of piperidine rings is 1. The summed E-state index contributed by atoms with van der Waals surface area (Å²) in [6, 6.07) is 4.12. The van der Waals surface area contributed by atoms with Crippen LogP contribution in [0.3, 0.4) is 0 Å². The zero-order valence-corrected chi connectivity index (χ0v) is 18.6. The second-order valence-corrected chi connectivity index (χ2v) is 7.92. The van der Waals surface area contributed by atoms with Crippen molar-refractivity contribution >= 4 is 36.4 Å². The van der Waals surface area contributed by atoms with E-state index in [1.54, 1.807) is 0 Å². The van der Waals surface area contributed by atoms with Crippen LogP contribution in [0, 0.1) is 12.8 Å². The first-order chi connectivity index (χ1) is 13.2. The van der Waals surface area contributed by atoms with Crippen LogP contribution in [0.4, 0.5) is 0 Å². The summed E-state index contributed by atoms with van der Waals surface area (Å²) in [6.07, 6.45) is 10.3. The van der Waals surface area contributed by atoms with E-state index in [1.165, 1.54) is 32.1 Å². The van der Waals surface area contributed by atoms with Gasteiger partial charge < -0.3 is 15.4 Å². The zero-order chi connectivity index (χ0) is 18.6. The van der Waals surface area contributed by atoms with E-state index in [2.05, 4.69) is 15.6 Å². The third-order valence-electron chi connectivity index (χ3n) is 5.88. The highest BCUT2D eigenvalue weighted by Gasteiger charge is 2.23. The van der Waals surface area contributed by atoms with Crippen molar-refractivity contribution in [2.45, 2.75) is 57.9 Å². The summed E-state index contributed by atoms with van der Waals surface area (Å²) < 4.78 is 8.01. The Morgan fingerprint density at radius 3 is 2.66 bits per heavy atom. The molecular formula is C21H32Cl2N4O2. The zero-order valence-electron chi connectivity index (χ0n) is 17.0. The fraction of sp³-hybridized carbons (Fsp3) is 0.619. The van der Waals surface area contributed by atoms with E-state index in [1.807, 2.05) is 29.7 Å². The third kappa shape index (κ3) is 5.56. The lowest BCUT2D eigenvalue weighted by molar-refractivity contribution is 0.0923. The summed E-state index contributed by atoms with van der Waals surface area (Å²) in [5.74, 6) is 1.36. The Hall–Kier alpha value is -1.50. The fourth-order valence-corrected chi connectivity index (χ4v) is 4.32. The van der Waals surface area contributed by atoms with Gasteiger partial charge in [0.15, 0.2) is 11.4 Å². The lowest BCUT2D eigenvalue weighted by Gasteiger charge is -2.23. The summed E-state index contributed by atoms with van der Waals surface area (Å²) in [6.45, 7) is 4.55. The molecule has 4 rings (SSSR count). The van der Waals surface area contributed by atoms with Gasteiger partial charge in [0.25, 0.3) is 5.91 Å². The van der Waals surface area contributed by atoms with Crippen molar-refractivity contribution in [1.29, 1.82) is 0 Å². The highest BCUT2D eigenvalue weighted by molar-refractivity contribution is 5.95. The standard InChI is InChI=1S/C21H30N4O2.2ClH/c1-15-19(21(26)24-17-9-11-22-12-10-17)25-13-5-8-18(20(25)23-15)27-14-16-6-3-2-4-7-16;;/h5,8,13,16-17,22H,2-4,6-7,9-12,14H2,1H3,(H,24,26);2*1H. The minimum Gasteiger partial charge on any atom is -0.489 e. The van der Waals surface area contributed by atoms with E-state index in [-0.39, 0.29) is 36.8 Å². The van der Waals surface area contributed by atoms with Gasteiger partial charge in [-0.15, -0.1) is 24.8 Å². The van der Waals surface area contributed by atoms with E-state index < -0.39 is 0 Å². The molecule has 1 amide bonds. The van der Waals surface area contributed by atoms with Gasteiger partial charge in [-0.25, -0.2) is 4.98 Å². The molecule has 29 heavy (non-hydrogen) atoms. The maximum Gasteiger partial charge on any atom is 0.270 e. The number of aryl methyl sites for hydroxylation is 1. The topological polar surface area (TPSA) is 67.7 Å². The normalized spacial score (nSPS) is 18.0. The second-order valence-electron chi connectivity index (χ2n) is 7.92. The number of hydrogen-bond acceptors (Lipinski definition) is 4. The first-order valence-corrected chi connectivity index (χ1v) is 10.3. The van der Waals surface area contributed by atoms with E-state index >= 15 is 0 Å². The third-order valence-corrected chi connectivity index (χ3v) is 5.88. The molecule has 0 aromatic carbocycles. The number of nitrogens with zero attached hydrogens (tertiary/aromatic N) is 2. The van der Waals surface area contributed by atoms with Gasteiger partial charge in [0.2, 0.25) is 0 Å². The van der Waals surface area contributed by atoms with Crippen LogP contribution >= 0.6 is 24.8 Å². The molecule has 2 fully saturated rings. The molecule has 1 saturated heterocycles. The molecule has 2 aromatic rings. The number of amides is 1. The number of halogens is 2. The van der Waals surface area contributed by atoms with Crippen molar-refractivity contribution < 1.29 is 9.53 Å². The average molecular weight is 443 g/mol. The largest absolute Gasteiger partial charge is 0.489 e. The predicted molar refractivity (Wildman–Crippen MR) is 120 cm³/mol. The molecule has 1 aliphatic heterocycles. The molecule has 0 atom stereocenters. The number of carbonyl (C=O) groups excluding carboxylic acids is 1. The molecule has 2 aromatic heterocycles. The van der Waals surface area contributed by atoms with E-state index in [0.717, 1.165) is 49.6 Å². The number of rotatable bonds is 5. The number of imidazole rings is 1. The molecule has 1 aliphatic carbocycles. The van der Waals surface area contributed by atoms with Crippen molar-refractivity contribution in [3.8, 4) is 5.75 Å². The number of nitrogens with one attached hydrogen (secondary N) is 2. The Labute approximate surface area is 185 Å². The van der Waals surface area contributed by atoms with E-state index in [0.29, 0.717) is 11.6 Å². The quantitative estimate of drug-likeness (QED) is 0.735. The SMILES string of the molecule is Cc1nc2c(OCC3CCCCC3)cccn2c1C(=O)NC1CCNCC1.Cl.Cl. The second kappa shape index (κ2) is 11.0. The van der Waals surface area contributed by atoms with Gasteiger partial charge in [-0.3, -0.25) is 9.20 Å². The molecule has 162 valence electrons. The van der Waals surface area contributed by atoms with Crippen LogP contribution in [-0.2, 0) is 0 Å². The summed E-state index contributed by atoms with van der Waals surface area (Å²) in [5, 5.41) is 6.50. The Balaban J connectivity index is 0.00000150. The number of carbonyl (C=O) groups is 1. The van der Waals surface area contributed by atoms with Crippen LogP contribution in [0.25, 0.3) is 5.65 Å². The summed E-state index contributed by atoms with van der Waals surface area (Å²) >= 11 is 0. The molecule has 0 radical (unpaired) electrons. The fourth-order valence-electron chi connectivity index (χ4n) is 4.32. The van der Waals surface area contributed by atoms with Crippen LogP contribution in [-0.4, -0.2) is 41.0 Å².